The Morgan fingerprint density at radius 2 is 1.69 bits per heavy atom. The molecule has 2 heterocycles. The maximum Gasteiger partial charge on any atom is 0.258 e. The number of carbonyl (C=O) groups excluding carboxylic acids is 1. The first-order valence-electron chi connectivity index (χ1n) is 9.01. The summed E-state index contributed by atoms with van der Waals surface area (Å²) < 4.78 is 14.6. The highest BCUT2D eigenvalue weighted by Crippen LogP contribution is 2.29. The molecule has 1 N–H and O–H groups in total. The maximum atomic E-state index is 13.9. The van der Waals surface area contributed by atoms with Gasteiger partial charge in [-0.2, -0.15) is 0 Å². The Labute approximate surface area is 169 Å². The van der Waals surface area contributed by atoms with Crippen LogP contribution in [0.15, 0.2) is 78.9 Å². The SMILES string of the molecule is O=C(Nc1nc2c(F)cccc2s1)c1cc(-c2ccccc2)nc2ccccc12. The van der Waals surface area contributed by atoms with E-state index in [4.69, 9.17) is 4.98 Å². The highest BCUT2D eigenvalue weighted by Gasteiger charge is 2.16. The second-order valence-electron chi connectivity index (χ2n) is 6.50. The predicted octanol–water partition coefficient (Wildman–Crippen LogP) is 5.90. The quantitative estimate of drug-likeness (QED) is 0.411. The number of aromatic nitrogens is 2. The number of thiazole rings is 1. The van der Waals surface area contributed by atoms with Gasteiger partial charge >= 0.3 is 0 Å². The largest absolute Gasteiger partial charge is 0.298 e. The third kappa shape index (κ3) is 3.23. The Bertz CT molecular complexity index is 1360. The summed E-state index contributed by atoms with van der Waals surface area (Å²) in [4.78, 5) is 22.0. The Morgan fingerprint density at radius 1 is 0.897 bits per heavy atom. The third-order valence-electron chi connectivity index (χ3n) is 4.62. The number of nitrogens with zero attached hydrogens (tertiary/aromatic N) is 2. The summed E-state index contributed by atoms with van der Waals surface area (Å²) in [6.45, 7) is 0. The van der Waals surface area contributed by atoms with Crippen molar-refractivity contribution in [2.45, 2.75) is 0 Å². The Kier molecular flexibility index (Phi) is 4.26. The minimum absolute atomic E-state index is 0.261. The molecule has 0 spiro atoms. The van der Waals surface area contributed by atoms with Crippen LogP contribution in [0.4, 0.5) is 9.52 Å². The molecule has 0 fully saturated rings. The summed E-state index contributed by atoms with van der Waals surface area (Å²) in [7, 11) is 0. The van der Waals surface area contributed by atoms with E-state index in [9.17, 15) is 9.18 Å². The Balaban J connectivity index is 1.59. The van der Waals surface area contributed by atoms with Crippen molar-refractivity contribution in [3.8, 4) is 11.3 Å². The summed E-state index contributed by atoms with van der Waals surface area (Å²) in [6, 6.07) is 23.8. The molecule has 29 heavy (non-hydrogen) atoms. The van der Waals surface area contributed by atoms with E-state index in [0.29, 0.717) is 21.1 Å². The van der Waals surface area contributed by atoms with Crippen molar-refractivity contribution in [1.82, 2.24) is 9.97 Å². The summed E-state index contributed by atoms with van der Waals surface area (Å²) in [5.41, 5.74) is 3.13. The van der Waals surface area contributed by atoms with Crippen molar-refractivity contribution < 1.29 is 9.18 Å². The number of hydrogen-bond donors (Lipinski definition) is 1. The molecule has 0 atom stereocenters. The van der Waals surface area contributed by atoms with Gasteiger partial charge in [-0.05, 0) is 24.3 Å². The van der Waals surface area contributed by atoms with Crippen molar-refractivity contribution in [3.05, 3.63) is 90.2 Å². The predicted molar refractivity (Wildman–Crippen MR) is 115 cm³/mol. The number of hydrogen-bond acceptors (Lipinski definition) is 4. The standard InChI is InChI=1S/C23H14FN3OS/c24-17-10-6-12-20-21(17)26-23(29-20)27-22(28)16-13-19(14-7-2-1-3-8-14)25-18-11-5-4-9-15(16)18/h1-13H,(H,26,27,28). The minimum Gasteiger partial charge on any atom is -0.298 e. The zero-order valence-corrected chi connectivity index (χ0v) is 15.9. The Morgan fingerprint density at radius 3 is 2.52 bits per heavy atom. The fourth-order valence-corrected chi connectivity index (χ4v) is 4.13. The fourth-order valence-electron chi connectivity index (χ4n) is 3.25. The monoisotopic (exact) mass is 399 g/mol. The molecule has 0 aliphatic carbocycles. The molecule has 0 radical (unpaired) electrons. The van der Waals surface area contributed by atoms with Gasteiger partial charge in [0.15, 0.2) is 5.13 Å². The van der Waals surface area contributed by atoms with Crippen molar-refractivity contribution in [2.75, 3.05) is 5.32 Å². The first-order valence-corrected chi connectivity index (χ1v) is 9.82. The van der Waals surface area contributed by atoms with E-state index >= 15 is 0 Å². The van der Waals surface area contributed by atoms with Gasteiger partial charge in [0.2, 0.25) is 0 Å². The molecular weight excluding hydrogens is 385 g/mol. The number of fused-ring (bicyclic) bond motifs is 2. The van der Waals surface area contributed by atoms with Crippen LogP contribution in [0, 0.1) is 5.82 Å². The molecular formula is C23H14FN3OS. The highest BCUT2D eigenvalue weighted by atomic mass is 32.1. The average molecular weight is 399 g/mol. The molecule has 3 aromatic carbocycles. The second-order valence-corrected chi connectivity index (χ2v) is 7.53. The van der Waals surface area contributed by atoms with Crippen LogP contribution in [0.1, 0.15) is 10.4 Å². The average Bonchev–Trinajstić information content (AvgIpc) is 3.17. The van der Waals surface area contributed by atoms with E-state index in [0.717, 1.165) is 16.5 Å². The molecule has 6 heteroatoms. The number of halogens is 1. The summed E-state index contributed by atoms with van der Waals surface area (Å²) >= 11 is 1.24. The molecule has 0 saturated carbocycles. The van der Waals surface area contributed by atoms with Gasteiger partial charge in [-0.15, -0.1) is 0 Å². The van der Waals surface area contributed by atoms with E-state index in [1.807, 2.05) is 54.6 Å². The number of anilines is 1. The fraction of sp³-hybridized carbons (Fsp3) is 0. The normalized spacial score (nSPS) is 11.1. The van der Waals surface area contributed by atoms with Gasteiger partial charge in [0.1, 0.15) is 11.3 Å². The van der Waals surface area contributed by atoms with Gasteiger partial charge in [0.05, 0.1) is 21.5 Å². The molecule has 2 aromatic heterocycles. The van der Waals surface area contributed by atoms with Crippen LogP contribution in [-0.4, -0.2) is 15.9 Å². The topological polar surface area (TPSA) is 54.9 Å². The van der Waals surface area contributed by atoms with Gasteiger partial charge in [-0.25, -0.2) is 14.4 Å². The molecule has 0 unspecified atom stereocenters. The lowest BCUT2D eigenvalue weighted by Crippen LogP contribution is -2.13. The molecule has 1 amide bonds. The van der Waals surface area contributed by atoms with Gasteiger partial charge in [0, 0.05) is 10.9 Å². The van der Waals surface area contributed by atoms with E-state index in [-0.39, 0.29) is 11.4 Å². The van der Waals surface area contributed by atoms with Crippen LogP contribution in [0.25, 0.3) is 32.4 Å². The lowest BCUT2D eigenvalue weighted by Gasteiger charge is -2.09. The van der Waals surface area contributed by atoms with Crippen molar-refractivity contribution >= 4 is 43.5 Å². The molecule has 0 aliphatic heterocycles. The van der Waals surface area contributed by atoms with Gasteiger partial charge in [-0.1, -0.05) is 65.9 Å². The number of rotatable bonds is 3. The molecule has 140 valence electrons. The first-order chi connectivity index (χ1) is 14.2. The van der Waals surface area contributed by atoms with Gasteiger partial charge < -0.3 is 0 Å². The highest BCUT2D eigenvalue weighted by molar-refractivity contribution is 7.22. The molecule has 0 saturated heterocycles. The van der Waals surface area contributed by atoms with Crippen molar-refractivity contribution in [2.24, 2.45) is 0 Å². The smallest absolute Gasteiger partial charge is 0.258 e. The van der Waals surface area contributed by atoms with E-state index in [1.54, 1.807) is 18.2 Å². The molecule has 4 nitrogen and oxygen atoms in total. The molecule has 0 bridgehead atoms. The minimum atomic E-state index is -0.403. The number of benzene rings is 3. The van der Waals surface area contributed by atoms with Gasteiger partial charge in [0.25, 0.3) is 5.91 Å². The van der Waals surface area contributed by atoms with Crippen molar-refractivity contribution in [1.29, 1.82) is 0 Å². The number of carbonyl (C=O) groups is 1. The van der Waals surface area contributed by atoms with E-state index < -0.39 is 5.82 Å². The zero-order valence-electron chi connectivity index (χ0n) is 15.1. The van der Waals surface area contributed by atoms with Crippen LogP contribution < -0.4 is 5.32 Å². The number of nitrogens with one attached hydrogen (secondary N) is 1. The zero-order chi connectivity index (χ0) is 19.8. The first kappa shape index (κ1) is 17.5. The van der Waals surface area contributed by atoms with Crippen LogP contribution >= 0.6 is 11.3 Å². The molecule has 0 aliphatic rings. The van der Waals surface area contributed by atoms with Crippen LogP contribution in [-0.2, 0) is 0 Å². The number of para-hydroxylation sites is 2. The van der Waals surface area contributed by atoms with Crippen LogP contribution in [0.2, 0.25) is 0 Å². The molecule has 5 rings (SSSR count). The van der Waals surface area contributed by atoms with Crippen LogP contribution in [0.3, 0.4) is 0 Å². The lowest BCUT2D eigenvalue weighted by molar-refractivity contribution is 0.102. The van der Waals surface area contributed by atoms with E-state index in [2.05, 4.69) is 10.3 Å². The summed E-state index contributed by atoms with van der Waals surface area (Å²) in [6.07, 6.45) is 0. The second kappa shape index (κ2) is 7.07. The van der Waals surface area contributed by atoms with Gasteiger partial charge in [-0.3, -0.25) is 10.1 Å². The summed E-state index contributed by atoms with van der Waals surface area (Å²) in [5.74, 6) is -0.708. The maximum absolute atomic E-state index is 13.9. The summed E-state index contributed by atoms with van der Waals surface area (Å²) in [5, 5.41) is 3.93. The lowest BCUT2D eigenvalue weighted by atomic mass is 10.0. The van der Waals surface area contributed by atoms with Crippen molar-refractivity contribution in [3.63, 3.8) is 0 Å². The van der Waals surface area contributed by atoms with Crippen LogP contribution in [0.5, 0.6) is 0 Å². The molecule has 5 aromatic rings. The van der Waals surface area contributed by atoms with E-state index in [1.165, 1.54) is 17.4 Å². The Hall–Kier alpha value is -3.64. The third-order valence-corrected chi connectivity index (χ3v) is 5.56. The number of pyridine rings is 1. The number of amides is 1.